The van der Waals surface area contributed by atoms with Crippen molar-refractivity contribution < 1.29 is 14.7 Å². The van der Waals surface area contributed by atoms with Crippen LogP contribution in [-0.4, -0.2) is 23.1 Å². The highest BCUT2D eigenvalue weighted by Crippen LogP contribution is 2.16. The van der Waals surface area contributed by atoms with Gasteiger partial charge in [0, 0.05) is 15.3 Å². The Balaban J connectivity index is 2.54. The molecule has 1 aromatic carbocycles. The van der Waals surface area contributed by atoms with Crippen LogP contribution in [0.4, 0.5) is 10.5 Å². The topological polar surface area (TPSA) is 78.4 Å². The molecule has 0 aromatic heterocycles. The molecule has 0 bridgehead atoms. The third-order valence-electron chi connectivity index (χ3n) is 2.29. The predicted octanol–water partition coefficient (Wildman–Crippen LogP) is 2.58. The van der Waals surface area contributed by atoms with Gasteiger partial charge < -0.3 is 15.7 Å². The molecule has 6 heteroatoms. The standard InChI is InChI=1S/C12H15IN2O3/c1-7-3-4-9(6-10(7)13)15-12(18)14-8(2)5-11(16)17/h3-4,6,8H,5H2,1-2H3,(H,16,17)(H2,14,15,18). The van der Waals surface area contributed by atoms with E-state index in [9.17, 15) is 9.59 Å². The summed E-state index contributed by atoms with van der Waals surface area (Å²) in [7, 11) is 0. The number of carbonyl (C=O) groups is 2. The largest absolute Gasteiger partial charge is 0.481 e. The normalized spacial score (nSPS) is 11.7. The number of anilines is 1. The minimum Gasteiger partial charge on any atom is -0.481 e. The first-order valence-corrected chi connectivity index (χ1v) is 6.52. The van der Waals surface area contributed by atoms with E-state index < -0.39 is 18.0 Å². The van der Waals surface area contributed by atoms with Crippen molar-refractivity contribution in [1.82, 2.24) is 5.32 Å². The Morgan fingerprint density at radius 1 is 1.44 bits per heavy atom. The number of carboxylic acids is 1. The van der Waals surface area contributed by atoms with Crippen molar-refractivity contribution in [3.63, 3.8) is 0 Å². The second-order valence-corrected chi connectivity index (χ2v) is 5.22. The Kier molecular flexibility index (Phi) is 5.39. The van der Waals surface area contributed by atoms with Crippen LogP contribution in [0.15, 0.2) is 18.2 Å². The second-order valence-electron chi connectivity index (χ2n) is 4.06. The highest BCUT2D eigenvalue weighted by molar-refractivity contribution is 14.1. The second kappa shape index (κ2) is 6.58. The molecule has 18 heavy (non-hydrogen) atoms. The van der Waals surface area contributed by atoms with Crippen molar-refractivity contribution in [2.24, 2.45) is 0 Å². The summed E-state index contributed by atoms with van der Waals surface area (Å²) in [5.41, 5.74) is 1.82. The van der Waals surface area contributed by atoms with Crippen molar-refractivity contribution >= 4 is 40.3 Å². The lowest BCUT2D eigenvalue weighted by molar-refractivity contribution is -0.137. The van der Waals surface area contributed by atoms with Gasteiger partial charge in [0.15, 0.2) is 0 Å². The number of hydrogen-bond donors (Lipinski definition) is 3. The fourth-order valence-corrected chi connectivity index (χ4v) is 1.89. The number of urea groups is 1. The fourth-order valence-electron chi connectivity index (χ4n) is 1.37. The molecule has 0 aliphatic heterocycles. The monoisotopic (exact) mass is 362 g/mol. The summed E-state index contributed by atoms with van der Waals surface area (Å²) in [6, 6.07) is 4.77. The Labute approximate surface area is 119 Å². The first kappa shape index (κ1) is 14.7. The number of rotatable bonds is 4. The number of hydrogen-bond acceptors (Lipinski definition) is 2. The quantitative estimate of drug-likeness (QED) is 0.721. The van der Waals surface area contributed by atoms with Gasteiger partial charge >= 0.3 is 12.0 Å². The first-order valence-electron chi connectivity index (χ1n) is 5.44. The van der Waals surface area contributed by atoms with Gasteiger partial charge in [-0.2, -0.15) is 0 Å². The molecule has 0 aliphatic rings. The van der Waals surface area contributed by atoms with Gasteiger partial charge in [-0.05, 0) is 54.1 Å². The molecule has 2 amide bonds. The zero-order valence-corrected chi connectivity index (χ0v) is 12.3. The Morgan fingerprint density at radius 3 is 2.67 bits per heavy atom. The van der Waals surface area contributed by atoms with Gasteiger partial charge in [0.1, 0.15) is 0 Å². The molecule has 3 N–H and O–H groups in total. The van der Waals surface area contributed by atoms with Crippen molar-refractivity contribution in [2.45, 2.75) is 26.3 Å². The van der Waals surface area contributed by atoms with Crippen LogP contribution in [0.3, 0.4) is 0 Å². The van der Waals surface area contributed by atoms with Crippen molar-refractivity contribution in [2.75, 3.05) is 5.32 Å². The summed E-state index contributed by atoms with van der Waals surface area (Å²) in [6.07, 6.45) is -0.0984. The van der Waals surface area contributed by atoms with Gasteiger partial charge in [-0.15, -0.1) is 0 Å². The molecule has 0 heterocycles. The van der Waals surface area contributed by atoms with E-state index in [0.29, 0.717) is 5.69 Å². The molecule has 0 fully saturated rings. The Hall–Kier alpha value is -1.31. The smallest absolute Gasteiger partial charge is 0.319 e. The Bertz CT molecular complexity index is 463. The number of carbonyl (C=O) groups excluding carboxylic acids is 1. The van der Waals surface area contributed by atoms with E-state index in [-0.39, 0.29) is 6.42 Å². The molecule has 1 aromatic rings. The van der Waals surface area contributed by atoms with E-state index in [1.165, 1.54) is 0 Å². The molecular formula is C12H15IN2O3. The Morgan fingerprint density at radius 2 is 2.11 bits per heavy atom. The van der Waals surface area contributed by atoms with Gasteiger partial charge in [0.25, 0.3) is 0 Å². The number of benzene rings is 1. The van der Waals surface area contributed by atoms with Gasteiger partial charge in [0.2, 0.25) is 0 Å². The lowest BCUT2D eigenvalue weighted by Crippen LogP contribution is -2.37. The van der Waals surface area contributed by atoms with Gasteiger partial charge in [0.05, 0.1) is 6.42 Å². The van der Waals surface area contributed by atoms with Crippen LogP contribution in [0.25, 0.3) is 0 Å². The molecule has 98 valence electrons. The zero-order valence-electron chi connectivity index (χ0n) is 10.2. The molecule has 0 spiro atoms. The van der Waals surface area contributed by atoms with Crippen LogP contribution < -0.4 is 10.6 Å². The minimum atomic E-state index is -0.937. The maximum Gasteiger partial charge on any atom is 0.319 e. The molecule has 1 rings (SSSR count). The predicted molar refractivity (Wildman–Crippen MR) is 77.8 cm³/mol. The summed E-state index contributed by atoms with van der Waals surface area (Å²) in [5, 5.41) is 13.8. The van der Waals surface area contributed by atoms with E-state index in [4.69, 9.17) is 5.11 Å². The first-order chi connectivity index (χ1) is 8.38. The number of nitrogens with one attached hydrogen (secondary N) is 2. The van der Waals surface area contributed by atoms with Gasteiger partial charge in [-0.1, -0.05) is 6.07 Å². The highest BCUT2D eigenvalue weighted by Gasteiger charge is 2.11. The molecule has 0 saturated carbocycles. The molecule has 1 atom stereocenters. The molecule has 1 unspecified atom stereocenters. The summed E-state index contributed by atoms with van der Waals surface area (Å²) < 4.78 is 1.06. The average molecular weight is 362 g/mol. The maximum atomic E-state index is 11.6. The summed E-state index contributed by atoms with van der Waals surface area (Å²) >= 11 is 2.19. The number of carboxylic acid groups (broad SMARTS) is 1. The number of halogens is 1. The number of aryl methyl sites for hydroxylation is 1. The van der Waals surface area contributed by atoms with Crippen LogP contribution in [-0.2, 0) is 4.79 Å². The van der Waals surface area contributed by atoms with Crippen LogP contribution >= 0.6 is 22.6 Å². The van der Waals surface area contributed by atoms with E-state index in [2.05, 4.69) is 33.2 Å². The maximum absolute atomic E-state index is 11.6. The molecule has 0 aliphatic carbocycles. The molecule has 0 saturated heterocycles. The molecular weight excluding hydrogens is 347 g/mol. The zero-order chi connectivity index (χ0) is 13.7. The summed E-state index contributed by atoms with van der Waals surface area (Å²) in [6.45, 7) is 3.63. The van der Waals surface area contributed by atoms with E-state index in [1.807, 2.05) is 19.1 Å². The average Bonchev–Trinajstić information content (AvgIpc) is 2.21. The lowest BCUT2D eigenvalue weighted by atomic mass is 10.2. The number of aliphatic carboxylic acids is 1. The van der Waals surface area contributed by atoms with Crippen LogP contribution in [0, 0.1) is 10.5 Å². The summed E-state index contributed by atoms with van der Waals surface area (Å²) in [4.78, 5) is 22.0. The minimum absolute atomic E-state index is 0.0984. The highest BCUT2D eigenvalue weighted by atomic mass is 127. The third kappa shape index (κ3) is 4.91. The van der Waals surface area contributed by atoms with Gasteiger partial charge in [-0.3, -0.25) is 4.79 Å². The van der Waals surface area contributed by atoms with Crippen LogP contribution in [0.2, 0.25) is 0 Å². The SMILES string of the molecule is Cc1ccc(NC(=O)NC(C)CC(=O)O)cc1I. The van der Waals surface area contributed by atoms with Crippen LogP contribution in [0.5, 0.6) is 0 Å². The van der Waals surface area contributed by atoms with Crippen molar-refractivity contribution in [3.05, 3.63) is 27.3 Å². The molecule has 5 nitrogen and oxygen atoms in total. The van der Waals surface area contributed by atoms with E-state index >= 15 is 0 Å². The van der Waals surface area contributed by atoms with Gasteiger partial charge in [-0.25, -0.2) is 4.79 Å². The van der Waals surface area contributed by atoms with E-state index in [0.717, 1.165) is 9.13 Å². The summed E-state index contributed by atoms with van der Waals surface area (Å²) in [5.74, 6) is -0.937. The molecule has 0 radical (unpaired) electrons. The van der Waals surface area contributed by atoms with Crippen molar-refractivity contribution in [1.29, 1.82) is 0 Å². The third-order valence-corrected chi connectivity index (χ3v) is 3.45. The number of amides is 2. The van der Waals surface area contributed by atoms with Crippen LogP contribution in [0.1, 0.15) is 18.9 Å². The lowest BCUT2D eigenvalue weighted by Gasteiger charge is -2.13. The fraction of sp³-hybridized carbons (Fsp3) is 0.333. The van der Waals surface area contributed by atoms with Crippen molar-refractivity contribution in [3.8, 4) is 0 Å². The van der Waals surface area contributed by atoms with E-state index in [1.54, 1.807) is 13.0 Å².